The first-order chi connectivity index (χ1) is 9.63. The second-order valence-corrected chi connectivity index (χ2v) is 5.73. The minimum absolute atomic E-state index is 0.0549. The number of benzene rings is 2. The second kappa shape index (κ2) is 5.42. The lowest BCUT2D eigenvalue weighted by Crippen LogP contribution is -2.15. The van der Waals surface area contributed by atoms with Gasteiger partial charge in [-0.15, -0.1) is 0 Å². The van der Waals surface area contributed by atoms with Crippen LogP contribution in [0.25, 0.3) is 0 Å². The van der Waals surface area contributed by atoms with Crippen molar-refractivity contribution in [2.45, 2.75) is 9.79 Å². The van der Waals surface area contributed by atoms with Gasteiger partial charge in [0.15, 0.2) is 11.5 Å². The highest BCUT2D eigenvalue weighted by atomic mass is 35.5. The molecule has 0 saturated carbocycles. The summed E-state index contributed by atoms with van der Waals surface area (Å²) < 4.78 is 24.2. The number of rotatable bonds is 2. The molecule has 1 heterocycles. The van der Waals surface area contributed by atoms with Crippen LogP contribution in [0.15, 0.2) is 40.1 Å². The van der Waals surface area contributed by atoms with Gasteiger partial charge in [0, 0.05) is 15.5 Å². The zero-order valence-corrected chi connectivity index (χ0v) is 11.9. The van der Waals surface area contributed by atoms with Crippen LogP contribution in [-0.4, -0.2) is 13.2 Å². The van der Waals surface area contributed by atoms with Gasteiger partial charge in [-0.25, -0.2) is 4.39 Å². The summed E-state index contributed by atoms with van der Waals surface area (Å²) in [7, 11) is 0. The van der Waals surface area contributed by atoms with E-state index in [2.05, 4.69) is 0 Å². The summed E-state index contributed by atoms with van der Waals surface area (Å²) in [4.78, 5) is 1.62. The van der Waals surface area contributed by atoms with Crippen molar-refractivity contribution in [1.29, 1.82) is 0 Å². The van der Waals surface area contributed by atoms with E-state index in [1.165, 1.54) is 23.9 Å². The fraction of sp³-hybridized carbons (Fsp3) is 0.143. The van der Waals surface area contributed by atoms with Gasteiger partial charge in [-0.2, -0.15) is 0 Å². The standard InChI is InChI=1S/C14H11ClFNO2S/c15-9-6-14(11(17)7-10(9)16)20-8-1-2-12-13(5-8)19-4-3-18-12/h1-2,5-7H,3-4,17H2. The molecule has 0 aromatic heterocycles. The number of fused-ring (bicyclic) bond motifs is 1. The van der Waals surface area contributed by atoms with Gasteiger partial charge in [0.25, 0.3) is 0 Å². The van der Waals surface area contributed by atoms with E-state index in [9.17, 15) is 4.39 Å². The monoisotopic (exact) mass is 311 g/mol. The topological polar surface area (TPSA) is 44.5 Å². The SMILES string of the molecule is Nc1cc(F)c(Cl)cc1Sc1ccc2c(c1)OCCO2. The summed E-state index contributed by atoms with van der Waals surface area (Å²) in [5.41, 5.74) is 6.15. The predicted molar refractivity (Wildman–Crippen MR) is 77.4 cm³/mol. The summed E-state index contributed by atoms with van der Waals surface area (Å²) >= 11 is 7.18. The molecule has 104 valence electrons. The number of hydrogen-bond donors (Lipinski definition) is 1. The van der Waals surface area contributed by atoms with Crippen molar-refractivity contribution in [2.75, 3.05) is 18.9 Å². The van der Waals surface area contributed by atoms with E-state index >= 15 is 0 Å². The molecule has 0 fully saturated rings. The summed E-state index contributed by atoms with van der Waals surface area (Å²) in [6.07, 6.45) is 0. The normalized spacial score (nSPS) is 13.3. The number of ether oxygens (including phenoxy) is 2. The van der Waals surface area contributed by atoms with E-state index in [0.29, 0.717) is 29.5 Å². The highest BCUT2D eigenvalue weighted by Gasteiger charge is 2.13. The van der Waals surface area contributed by atoms with Gasteiger partial charge in [0.05, 0.1) is 5.02 Å². The van der Waals surface area contributed by atoms with Crippen LogP contribution in [0.4, 0.5) is 10.1 Å². The smallest absolute Gasteiger partial charge is 0.162 e. The third-order valence-corrected chi connectivity index (χ3v) is 4.15. The number of nitrogen functional groups attached to an aromatic ring is 1. The van der Waals surface area contributed by atoms with Gasteiger partial charge in [-0.1, -0.05) is 23.4 Å². The van der Waals surface area contributed by atoms with Gasteiger partial charge in [0.2, 0.25) is 0 Å². The molecule has 0 spiro atoms. The average molecular weight is 312 g/mol. The molecule has 0 radical (unpaired) electrons. The molecule has 3 nitrogen and oxygen atoms in total. The maximum atomic E-state index is 13.3. The van der Waals surface area contributed by atoms with E-state index in [1.807, 2.05) is 18.2 Å². The molecule has 0 unspecified atom stereocenters. The van der Waals surface area contributed by atoms with Crippen molar-refractivity contribution >= 4 is 29.1 Å². The summed E-state index contributed by atoms with van der Waals surface area (Å²) in [6, 6.07) is 8.36. The molecule has 6 heteroatoms. The Morgan fingerprint density at radius 2 is 1.85 bits per heavy atom. The van der Waals surface area contributed by atoms with Gasteiger partial charge in [0.1, 0.15) is 19.0 Å². The molecule has 1 aliphatic heterocycles. The number of halogens is 2. The number of nitrogens with two attached hydrogens (primary N) is 1. The molecule has 0 saturated heterocycles. The largest absolute Gasteiger partial charge is 0.486 e. The summed E-state index contributed by atoms with van der Waals surface area (Å²) in [5.74, 6) is 0.912. The minimum Gasteiger partial charge on any atom is -0.486 e. The van der Waals surface area contributed by atoms with Gasteiger partial charge >= 0.3 is 0 Å². The molecule has 20 heavy (non-hydrogen) atoms. The molecule has 2 N–H and O–H groups in total. The summed E-state index contributed by atoms with van der Waals surface area (Å²) in [5, 5.41) is 0.0549. The van der Waals surface area contributed by atoms with Crippen LogP contribution in [0, 0.1) is 5.82 Å². The average Bonchev–Trinajstić information content (AvgIpc) is 2.44. The Labute approximate surface area is 124 Å². The van der Waals surface area contributed by atoms with E-state index in [4.69, 9.17) is 26.8 Å². The molecule has 2 aromatic carbocycles. The van der Waals surface area contributed by atoms with Crippen LogP contribution < -0.4 is 15.2 Å². The number of hydrogen-bond acceptors (Lipinski definition) is 4. The predicted octanol–water partition coefficient (Wildman–Crippen LogP) is 3.98. The van der Waals surface area contributed by atoms with Gasteiger partial charge < -0.3 is 15.2 Å². The lowest BCUT2D eigenvalue weighted by atomic mass is 10.3. The maximum absolute atomic E-state index is 13.3. The first-order valence-electron chi connectivity index (χ1n) is 5.95. The van der Waals surface area contributed by atoms with E-state index in [1.54, 1.807) is 0 Å². The van der Waals surface area contributed by atoms with Gasteiger partial charge in [-0.3, -0.25) is 0 Å². The minimum atomic E-state index is -0.518. The first kappa shape index (κ1) is 13.4. The van der Waals surface area contributed by atoms with Crippen LogP contribution in [0.1, 0.15) is 0 Å². The maximum Gasteiger partial charge on any atom is 0.162 e. The zero-order valence-electron chi connectivity index (χ0n) is 10.4. The molecule has 0 aliphatic carbocycles. The van der Waals surface area contributed by atoms with Crippen LogP contribution in [0.3, 0.4) is 0 Å². The third-order valence-electron chi connectivity index (χ3n) is 2.79. The Balaban J connectivity index is 1.89. The molecular weight excluding hydrogens is 301 g/mol. The second-order valence-electron chi connectivity index (χ2n) is 4.21. The van der Waals surface area contributed by atoms with Crippen molar-refractivity contribution < 1.29 is 13.9 Å². The highest BCUT2D eigenvalue weighted by molar-refractivity contribution is 7.99. The Morgan fingerprint density at radius 1 is 1.10 bits per heavy atom. The van der Waals surface area contributed by atoms with Crippen molar-refractivity contribution in [3.63, 3.8) is 0 Å². The Kier molecular flexibility index (Phi) is 3.63. The van der Waals surface area contributed by atoms with E-state index < -0.39 is 5.82 Å². The van der Waals surface area contributed by atoms with Crippen LogP contribution in [-0.2, 0) is 0 Å². The molecule has 1 aliphatic rings. The zero-order chi connectivity index (χ0) is 14.1. The van der Waals surface area contributed by atoms with Crippen molar-refractivity contribution in [3.8, 4) is 11.5 Å². The van der Waals surface area contributed by atoms with Crippen molar-refractivity contribution in [2.24, 2.45) is 0 Å². The van der Waals surface area contributed by atoms with Gasteiger partial charge in [-0.05, 0) is 30.3 Å². The molecule has 3 rings (SSSR count). The molecule has 0 amide bonds. The lowest BCUT2D eigenvalue weighted by molar-refractivity contribution is 0.171. The quantitative estimate of drug-likeness (QED) is 0.852. The van der Waals surface area contributed by atoms with Crippen LogP contribution >= 0.6 is 23.4 Å². The van der Waals surface area contributed by atoms with Crippen molar-refractivity contribution in [1.82, 2.24) is 0 Å². The van der Waals surface area contributed by atoms with E-state index in [-0.39, 0.29) is 5.02 Å². The number of anilines is 1. The third kappa shape index (κ3) is 2.64. The Bertz CT molecular complexity index is 666. The fourth-order valence-corrected chi connectivity index (χ4v) is 2.98. The summed E-state index contributed by atoms with van der Waals surface area (Å²) in [6.45, 7) is 1.09. The lowest BCUT2D eigenvalue weighted by Gasteiger charge is -2.18. The molecular formula is C14H11ClFNO2S. The highest BCUT2D eigenvalue weighted by Crippen LogP contribution is 2.39. The van der Waals surface area contributed by atoms with E-state index in [0.717, 1.165) is 10.6 Å². The van der Waals surface area contributed by atoms with Crippen LogP contribution in [0.5, 0.6) is 11.5 Å². The Hall–Kier alpha value is -1.59. The molecule has 0 bridgehead atoms. The van der Waals surface area contributed by atoms with Crippen molar-refractivity contribution in [3.05, 3.63) is 41.2 Å². The molecule has 2 aromatic rings. The first-order valence-corrected chi connectivity index (χ1v) is 7.15. The molecule has 0 atom stereocenters. The Morgan fingerprint density at radius 3 is 2.65 bits per heavy atom. The van der Waals surface area contributed by atoms with Crippen LogP contribution in [0.2, 0.25) is 5.02 Å². The fourth-order valence-electron chi connectivity index (χ4n) is 1.85.